The fraction of sp³-hybridized carbons (Fsp3) is 0.667. The molecule has 4 unspecified atom stereocenters. The van der Waals surface area contributed by atoms with Gasteiger partial charge in [0.25, 0.3) is 0 Å². The third kappa shape index (κ3) is 11.1. The molecule has 0 fully saturated rings. The molecular formula is C18H34N8O6. The van der Waals surface area contributed by atoms with E-state index in [0.717, 1.165) is 0 Å². The van der Waals surface area contributed by atoms with Gasteiger partial charge in [-0.3, -0.25) is 24.2 Å². The van der Waals surface area contributed by atoms with E-state index in [0.29, 0.717) is 6.42 Å². The van der Waals surface area contributed by atoms with Crippen molar-refractivity contribution in [1.82, 2.24) is 16.0 Å². The van der Waals surface area contributed by atoms with Crippen LogP contribution in [0.15, 0.2) is 4.99 Å². The highest BCUT2D eigenvalue weighted by Crippen LogP contribution is 2.04. The van der Waals surface area contributed by atoms with E-state index >= 15 is 0 Å². The average molecular weight is 459 g/mol. The molecule has 0 rings (SSSR count). The van der Waals surface area contributed by atoms with Crippen molar-refractivity contribution >= 4 is 35.6 Å². The first-order valence-corrected chi connectivity index (χ1v) is 9.99. The Morgan fingerprint density at radius 1 is 0.906 bits per heavy atom. The van der Waals surface area contributed by atoms with Crippen LogP contribution in [-0.4, -0.2) is 71.4 Å². The smallest absolute Gasteiger partial charge is 0.326 e. The third-order valence-electron chi connectivity index (χ3n) is 4.32. The number of rotatable bonds is 14. The van der Waals surface area contributed by atoms with Gasteiger partial charge in [-0.1, -0.05) is 13.8 Å². The summed E-state index contributed by atoms with van der Waals surface area (Å²) in [6.07, 6.45) is -0.0132. The molecule has 0 aliphatic rings. The predicted molar refractivity (Wildman–Crippen MR) is 116 cm³/mol. The van der Waals surface area contributed by atoms with E-state index in [1.807, 2.05) is 0 Å². The number of carbonyl (C=O) groups is 5. The summed E-state index contributed by atoms with van der Waals surface area (Å²) in [5.41, 5.74) is 21.0. The average Bonchev–Trinajstić information content (AvgIpc) is 2.66. The molecular weight excluding hydrogens is 424 g/mol. The van der Waals surface area contributed by atoms with Crippen LogP contribution < -0.4 is 38.9 Å². The highest BCUT2D eigenvalue weighted by Gasteiger charge is 2.30. The SMILES string of the molecule is CC(NC(=O)C(NC(=O)C(N)CC(N)=O)C(C)C)C(=O)NC(CCCN=C(N)N)C(=O)O. The number of aliphatic imine (C=N–C) groups is 1. The molecule has 0 aromatic carbocycles. The fourth-order valence-corrected chi connectivity index (χ4v) is 2.53. The van der Waals surface area contributed by atoms with Gasteiger partial charge in [0, 0.05) is 6.54 Å². The first kappa shape index (κ1) is 28.6. The molecule has 14 nitrogen and oxygen atoms in total. The van der Waals surface area contributed by atoms with Gasteiger partial charge in [0.1, 0.15) is 18.1 Å². The molecule has 0 saturated carbocycles. The van der Waals surface area contributed by atoms with Gasteiger partial charge < -0.3 is 44.0 Å². The Morgan fingerprint density at radius 2 is 1.50 bits per heavy atom. The second-order valence-corrected chi connectivity index (χ2v) is 7.59. The number of carbonyl (C=O) groups excluding carboxylic acids is 4. The summed E-state index contributed by atoms with van der Waals surface area (Å²) >= 11 is 0. The molecule has 12 N–H and O–H groups in total. The molecule has 4 amide bonds. The van der Waals surface area contributed by atoms with Crippen LogP contribution in [0.2, 0.25) is 0 Å². The standard InChI is InChI=1S/C18H34N8O6/c1-8(2)13(26-15(29)10(19)7-12(20)27)16(30)24-9(3)14(28)25-11(17(31)32)5-4-6-23-18(21)22/h8-11,13H,4-7,19H2,1-3H3,(H2,20,27)(H,24,30)(H,25,28)(H,26,29)(H,31,32)(H4,21,22,23). The first-order valence-electron chi connectivity index (χ1n) is 9.99. The molecule has 0 aliphatic carbocycles. The molecule has 14 heteroatoms. The maximum atomic E-state index is 12.6. The molecule has 0 bridgehead atoms. The molecule has 0 spiro atoms. The number of aliphatic carboxylic acids is 1. The Balaban J connectivity index is 4.95. The second kappa shape index (κ2) is 13.8. The molecule has 32 heavy (non-hydrogen) atoms. The van der Waals surface area contributed by atoms with Crippen molar-refractivity contribution in [2.24, 2.45) is 33.8 Å². The highest BCUT2D eigenvalue weighted by molar-refractivity contribution is 5.94. The Morgan fingerprint density at radius 3 is 1.97 bits per heavy atom. The van der Waals surface area contributed by atoms with Crippen LogP contribution in [0.3, 0.4) is 0 Å². The van der Waals surface area contributed by atoms with Crippen molar-refractivity contribution in [3.63, 3.8) is 0 Å². The zero-order valence-corrected chi connectivity index (χ0v) is 18.5. The van der Waals surface area contributed by atoms with Gasteiger partial charge in [0.15, 0.2) is 5.96 Å². The van der Waals surface area contributed by atoms with Gasteiger partial charge >= 0.3 is 5.97 Å². The predicted octanol–water partition coefficient (Wildman–Crippen LogP) is -3.54. The van der Waals surface area contributed by atoms with Crippen molar-refractivity contribution in [3.05, 3.63) is 0 Å². The topological polar surface area (TPSA) is 258 Å². The van der Waals surface area contributed by atoms with E-state index in [1.165, 1.54) is 6.92 Å². The van der Waals surface area contributed by atoms with Crippen LogP contribution >= 0.6 is 0 Å². The number of nitrogens with one attached hydrogen (secondary N) is 3. The lowest BCUT2D eigenvalue weighted by atomic mass is 10.0. The number of hydrogen-bond donors (Lipinski definition) is 8. The molecule has 4 atom stereocenters. The minimum atomic E-state index is -1.25. The van der Waals surface area contributed by atoms with Crippen LogP contribution in [-0.2, 0) is 24.0 Å². The van der Waals surface area contributed by atoms with Gasteiger partial charge in [0.05, 0.1) is 12.5 Å². The number of primary amides is 1. The molecule has 0 aliphatic heterocycles. The quantitative estimate of drug-likeness (QED) is 0.0726. The highest BCUT2D eigenvalue weighted by atomic mass is 16.4. The molecule has 0 heterocycles. The molecule has 0 aromatic rings. The van der Waals surface area contributed by atoms with E-state index in [2.05, 4.69) is 20.9 Å². The lowest BCUT2D eigenvalue weighted by molar-refractivity contribution is -0.142. The minimum Gasteiger partial charge on any atom is -0.480 e. The summed E-state index contributed by atoms with van der Waals surface area (Å²) in [6, 6.07) is -4.58. The van der Waals surface area contributed by atoms with Gasteiger partial charge in [-0.15, -0.1) is 0 Å². The monoisotopic (exact) mass is 458 g/mol. The summed E-state index contributed by atoms with van der Waals surface area (Å²) in [5, 5.41) is 16.5. The van der Waals surface area contributed by atoms with Crippen LogP contribution in [0.1, 0.15) is 40.0 Å². The summed E-state index contributed by atoms with van der Waals surface area (Å²) in [6.45, 7) is 4.88. The third-order valence-corrected chi connectivity index (χ3v) is 4.32. The number of guanidine groups is 1. The maximum absolute atomic E-state index is 12.6. The number of carboxylic acid groups (broad SMARTS) is 1. The molecule has 0 saturated heterocycles. The lowest BCUT2D eigenvalue weighted by Crippen LogP contribution is -2.58. The summed E-state index contributed by atoms with van der Waals surface area (Å²) < 4.78 is 0. The minimum absolute atomic E-state index is 0.0704. The van der Waals surface area contributed by atoms with Gasteiger partial charge in [0.2, 0.25) is 23.6 Å². The van der Waals surface area contributed by atoms with E-state index in [1.54, 1.807) is 13.8 Å². The second-order valence-electron chi connectivity index (χ2n) is 7.59. The number of nitrogens with zero attached hydrogens (tertiary/aromatic N) is 1. The van der Waals surface area contributed by atoms with E-state index in [-0.39, 0.29) is 24.8 Å². The van der Waals surface area contributed by atoms with Crippen LogP contribution in [0.4, 0.5) is 0 Å². The van der Waals surface area contributed by atoms with Crippen molar-refractivity contribution < 1.29 is 29.1 Å². The molecule has 182 valence electrons. The van der Waals surface area contributed by atoms with Crippen molar-refractivity contribution in [2.45, 2.75) is 64.2 Å². The number of hydrogen-bond acceptors (Lipinski definition) is 7. The van der Waals surface area contributed by atoms with Crippen molar-refractivity contribution in [1.29, 1.82) is 0 Å². The Kier molecular flexibility index (Phi) is 12.3. The van der Waals surface area contributed by atoms with Crippen LogP contribution in [0.5, 0.6) is 0 Å². The lowest BCUT2D eigenvalue weighted by Gasteiger charge is -2.25. The van der Waals surface area contributed by atoms with E-state index in [4.69, 9.17) is 22.9 Å². The summed E-state index contributed by atoms with van der Waals surface area (Å²) in [5.74, 6) is -4.68. The number of carboxylic acids is 1. The van der Waals surface area contributed by atoms with Crippen molar-refractivity contribution in [2.75, 3.05) is 6.54 Å². The largest absolute Gasteiger partial charge is 0.480 e. The van der Waals surface area contributed by atoms with E-state index < -0.39 is 60.2 Å². The zero-order chi connectivity index (χ0) is 25.0. The number of nitrogens with two attached hydrogens (primary N) is 4. The van der Waals surface area contributed by atoms with E-state index in [9.17, 15) is 29.1 Å². The Hall–Kier alpha value is -3.42. The Labute approximate surface area is 185 Å². The normalized spacial score (nSPS) is 14.4. The van der Waals surface area contributed by atoms with Crippen LogP contribution in [0, 0.1) is 5.92 Å². The van der Waals surface area contributed by atoms with Crippen LogP contribution in [0.25, 0.3) is 0 Å². The zero-order valence-electron chi connectivity index (χ0n) is 18.5. The van der Waals surface area contributed by atoms with Gasteiger partial charge in [-0.25, -0.2) is 4.79 Å². The van der Waals surface area contributed by atoms with Gasteiger partial charge in [-0.05, 0) is 25.7 Å². The Bertz CT molecular complexity index is 722. The van der Waals surface area contributed by atoms with Crippen molar-refractivity contribution in [3.8, 4) is 0 Å². The first-order chi connectivity index (χ1) is 14.8. The maximum Gasteiger partial charge on any atom is 0.326 e. The fourth-order valence-electron chi connectivity index (χ4n) is 2.53. The molecule has 0 aromatic heterocycles. The summed E-state index contributed by atoms with van der Waals surface area (Å²) in [4.78, 5) is 63.1. The molecule has 0 radical (unpaired) electrons. The summed E-state index contributed by atoms with van der Waals surface area (Å²) in [7, 11) is 0. The van der Waals surface area contributed by atoms with Gasteiger partial charge in [-0.2, -0.15) is 0 Å². The number of amides is 4.